The summed E-state index contributed by atoms with van der Waals surface area (Å²) >= 11 is 3.42. The van der Waals surface area contributed by atoms with E-state index < -0.39 is 0 Å². The Morgan fingerprint density at radius 3 is 3.00 bits per heavy atom. The fourth-order valence-electron chi connectivity index (χ4n) is 2.85. The predicted molar refractivity (Wildman–Crippen MR) is 85.7 cm³/mol. The van der Waals surface area contributed by atoms with Crippen LogP contribution in [0.15, 0.2) is 28.9 Å². The largest absolute Gasteiger partial charge is 0.398 e. The van der Waals surface area contributed by atoms with Crippen molar-refractivity contribution in [2.45, 2.75) is 25.4 Å². The summed E-state index contributed by atoms with van der Waals surface area (Å²) in [4.78, 5) is 4.46. The van der Waals surface area contributed by atoms with Gasteiger partial charge in [0, 0.05) is 28.3 Å². The third-order valence-corrected chi connectivity index (χ3v) is 4.38. The molecule has 1 aliphatic carbocycles. The van der Waals surface area contributed by atoms with Gasteiger partial charge in [0.25, 0.3) is 0 Å². The van der Waals surface area contributed by atoms with Crippen LogP contribution in [0.5, 0.6) is 0 Å². The molecule has 20 heavy (non-hydrogen) atoms. The van der Waals surface area contributed by atoms with Crippen LogP contribution < -0.4 is 11.1 Å². The highest BCUT2D eigenvalue weighted by atomic mass is 79.9. The van der Waals surface area contributed by atoms with E-state index in [-0.39, 0.29) is 6.10 Å². The summed E-state index contributed by atoms with van der Waals surface area (Å²) in [6.07, 6.45) is 4.55. The molecular formula is C15H18BrN3O. The van der Waals surface area contributed by atoms with Crippen molar-refractivity contribution in [1.29, 1.82) is 0 Å². The number of aliphatic hydroxyl groups is 1. The van der Waals surface area contributed by atoms with Gasteiger partial charge >= 0.3 is 0 Å². The zero-order valence-electron chi connectivity index (χ0n) is 11.1. The maximum absolute atomic E-state index is 9.57. The summed E-state index contributed by atoms with van der Waals surface area (Å²) in [6.45, 7) is 0.869. The molecule has 0 spiro atoms. The highest BCUT2D eigenvalue weighted by Gasteiger charge is 2.22. The fraction of sp³-hybridized carbons (Fsp3) is 0.400. The third kappa shape index (κ3) is 2.74. The van der Waals surface area contributed by atoms with E-state index in [0.717, 1.165) is 52.6 Å². The molecule has 0 saturated heterocycles. The Kier molecular flexibility index (Phi) is 3.81. The van der Waals surface area contributed by atoms with E-state index in [1.54, 1.807) is 6.20 Å². The number of nitrogens with two attached hydrogens (primary N) is 1. The van der Waals surface area contributed by atoms with Crippen LogP contribution in [-0.4, -0.2) is 22.7 Å². The lowest BCUT2D eigenvalue weighted by Crippen LogP contribution is -2.13. The topological polar surface area (TPSA) is 71.2 Å². The van der Waals surface area contributed by atoms with Crippen LogP contribution >= 0.6 is 15.9 Å². The molecule has 4 nitrogen and oxygen atoms in total. The SMILES string of the molecule is Nc1ccc(NCC2CCC(O)C2)c2ncc(Br)cc12. The number of fused-ring (bicyclic) bond motifs is 1. The summed E-state index contributed by atoms with van der Waals surface area (Å²) in [5.74, 6) is 0.535. The van der Waals surface area contributed by atoms with Crippen molar-refractivity contribution in [3.8, 4) is 0 Å². The normalized spacial score (nSPS) is 22.3. The summed E-state index contributed by atoms with van der Waals surface area (Å²) in [7, 11) is 0. The van der Waals surface area contributed by atoms with E-state index in [9.17, 15) is 5.11 Å². The minimum atomic E-state index is -0.126. The molecule has 1 saturated carbocycles. The Morgan fingerprint density at radius 2 is 2.25 bits per heavy atom. The fourth-order valence-corrected chi connectivity index (χ4v) is 3.18. The van der Waals surface area contributed by atoms with Gasteiger partial charge in [0.15, 0.2) is 0 Å². The summed E-state index contributed by atoms with van der Waals surface area (Å²) in [5, 5.41) is 14.0. The lowest BCUT2D eigenvalue weighted by molar-refractivity contribution is 0.178. The first-order valence-corrected chi connectivity index (χ1v) is 7.68. The first-order valence-electron chi connectivity index (χ1n) is 6.89. The first kappa shape index (κ1) is 13.6. The third-order valence-electron chi connectivity index (χ3n) is 3.94. The number of nitrogens with zero attached hydrogens (tertiary/aromatic N) is 1. The van der Waals surface area contributed by atoms with Gasteiger partial charge < -0.3 is 16.2 Å². The average Bonchev–Trinajstić information content (AvgIpc) is 2.84. The second-order valence-corrected chi connectivity index (χ2v) is 6.38. The van der Waals surface area contributed by atoms with Gasteiger partial charge in [-0.15, -0.1) is 0 Å². The van der Waals surface area contributed by atoms with Gasteiger partial charge in [-0.2, -0.15) is 0 Å². The number of benzene rings is 1. The second kappa shape index (κ2) is 5.58. The van der Waals surface area contributed by atoms with Crippen LogP contribution in [0.2, 0.25) is 0 Å². The number of nitrogens with one attached hydrogen (secondary N) is 1. The van der Waals surface area contributed by atoms with Gasteiger partial charge in [0.05, 0.1) is 17.3 Å². The minimum absolute atomic E-state index is 0.126. The Bertz CT molecular complexity index is 632. The van der Waals surface area contributed by atoms with Crippen molar-refractivity contribution in [2.75, 3.05) is 17.6 Å². The number of aliphatic hydroxyl groups excluding tert-OH is 1. The van der Waals surface area contributed by atoms with Crippen molar-refractivity contribution < 1.29 is 5.11 Å². The molecule has 2 atom stereocenters. The van der Waals surface area contributed by atoms with Gasteiger partial charge in [0.1, 0.15) is 0 Å². The number of pyridine rings is 1. The maximum atomic E-state index is 9.57. The highest BCUT2D eigenvalue weighted by Crippen LogP contribution is 2.30. The smallest absolute Gasteiger partial charge is 0.0954 e. The van der Waals surface area contributed by atoms with Gasteiger partial charge in [-0.25, -0.2) is 0 Å². The molecule has 3 rings (SSSR count). The van der Waals surface area contributed by atoms with Gasteiger partial charge in [0.2, 0.25) is 0 Å². The molecule has 0 aliphatic heterocycles. The molecule has 4 N–H and O–H groups in total. The lowest BCUT2D eigenvalue weighted by Gasteiger charge is -2.14. The molecule has 1 aromatic carbocycles. The Morgan fingerprint density at radius 1 is 1.40 bits per heavy atom. The number of nitrogen functional groups attached to an aromatic ring is 1. The van der Waals surface area contributed by atoms with Gasteiger partial charge in [-0.1, -0.05) is 0 Å². The molecule has 1 fully saturated rings. The van der Waals surface area contributed by atoms with E-state index in [1.807, 2.05) is 18.2 Å². The van der Waals surface area contributed by atoms with Crippen molar-refractivity contribution in [3.63, 3.8) is 0 Å². The van der Waals surface area contributed by atoms with Crippen LogP contribution in [0.1, 0.15) is 19.3 Å². The number of anilines is 2. The van der Waals surface area contributed by atoms with Crippen molar-refractivity contribution >= 4 is 38.2 Å². The summed E-state index contributed by atoms with van der Waals surface area (Å²) < 4.78 is 0.924. The standard InChI is InChI=1S/C15H18BrN3O/c16-10-6-12-13(17)3-4-14(15(12)19-8-10)18-7-9-1-2-11(20)5-9/h3-4,6,8-9,11,18,20H,1-2,5,7,17H2. The number of hydrogen-bond acceptors (Lipinski definition) is 4. The first-order chi connectivity index (χ1) is 9.63. The quantitative estimate of drug-likeness (QED) is 0.753. The van der Waals surface area contributed by atoms with Crippen LogP contribution in [0.25, 0.3) is 10.9 Å². The van der Waals surface area contributed by atoms with Crippen molar-refractivity contribution in [1.82, 2.24) is 4.98 Å². The summed E-state index contributed by atoms with van der Waals surface area (Å²) in [5.41, 5.74) is 8.64. The van der Waals surface area contributed by atoms with Crippen LogP contribution in [0.3, 0.4) is 0 Å². The minimum Gasteiger partial charge on any atom is -0.398 e. The Balaban J connectivity index is 1.83. The molecule has 2 unspecified atom stereocenters. The number of halogens is 1. The molecule has 2 aromatic rings. The van der Waals surface area contributed by atoms with Crippen molar-refractivity contribution in [3.05, 3.63) is 28.9 Å². The Labute approximate surface area is 126 Å². The zero-order chi connectivity index (χ0) is 14.1. The van der Waals surface area contributed by atoms with Crippen LogP contribution in [0, 0.1) is 5.92 Å². The maximum Gasteiger partial charge on any atom is 0.0954 e. The molecule has 0 radical (unpaired) electrons. The molecule has 0 bridgehead atoms. The molecule has 1 aromatic heterocycles. The van der Waals surface area contributed by atoms with E-state index >= 15 is 0 Å². The molecule has 1 heterocycles. The van der Waals surface area contributed by atoms with E-state index in [4.69, 9.17) is 5.73 Å². The number of aromatic nitrogens is 1. The number of hydrogen-bond donors (Lipinski definition) is 3. The monoisotopic (exact) mass is 335 g/mol. The second-order valence-electron chi connectivity index (χ2n) is 5.47. The number of rotatable bonds is 3. The highest BCUT2D eigenvalue weighted by molar-refractivity contribution is 9.10. The predicted octanol–water partition coefficient (Wildman–Crippen LogP) is 3.15. The van der Waals surface area contributed by atoms with Crippen LogP contribution in [0.4, 0.5) is 11.4 Å². The van der Waals surface area contributed by atoms with E-state index in [1.165, 1.54) is 0 Å². The lowest BCUT2D eigenvalue weighted by atomic mass is 10.1. The van der Waals surface area contributed by atoms with E-state index in [0.29, 0.717) is 5.92 Å². The van der Waals surface area contributed by atoms with Gasteiger partial charge in [-0.3, -0.25) is 4.98 Å². The molecular weight excluding hydrogens is 318 g/mol. The Hall–Kier alpha value is -1.33. The molecule has 0 amide bonds. The van der Waals surface area contributed by atoms with Gasteiger partial charge in [-0.05, 0) is 59.3 Å². The average molecular weight is 336 g/mol. The summed E-state index contributed by atoms with van der Waals surface area (Å²) in [6, 6.07) is 5.87. The zero-order valence-corrected chi connectivity index (χ0v) is 12.7. The molecule has 5 heteroatoms. The van der Waals surface area contributed by atoms with Crippen molar-refractivity contribution in [2.24, 2.45) is 5.92 Å². The van der Waals surface area contributed by atoms with Crippen LogP contribution in [-0.2, 0) is 0 Å². The molecule has 106 valence electrons. The van der Waals surface area contributed by atoms with E-state index in [2.05, 4.69) is 26.2 Å². The molecule has 1 aliphatic rings.